The summed E-state index contributed by atoms with van der Waals surface area (Å²) >= 11 is 0. The van der Waals surface area contributed by atoms with Crippen LogP contribution in [-0.4, -0.2) is 24.6 Å². The molecule has 2 heterocycles. The molecule has 0 amide bonds. The molecular formula is C10H17N3O. The highest BCUT2D eigenvalue weighted by molar-refractivity contribution is 5.30. The topological polar surface area (TPSA) is 55.3 Å². The van der Waals surface area contributed by atoms with Gasteiger partial charge in [0.15, 0.2) is 0 Å². The van der Waals surface area contributed by atoms with Gasteiger partial charge in [-0.15, -0.1) is 0 Å². The van der Waals surface area contributed by atoms with Gasteiger partial charge in [-0.1, -0.05) is 0 Å². The number of aromatic nitrogens is 1. The largest absolute Gasteiger partial charge is 0.428 e. The maximum absolute atomic E-state index is 5.67. The number of nitrogens with zero attached hydrogens (tertiary/aromatic N) is 2. The summed E-state index contributed by atoms with van der Waals surface area (Å²) in [5.74, 6) is 0.939. The van der Waals surface area contributed by atoms with Crippen LogP contribution in [0.5, 0.6) is 0 Å². The summed E-state index contributed by atoms with van der Waals surface area (Å²) in [7, 11) is 0. The molecule has 0 bridgehead atoms. The molecule has 4 nitrogen and oxygen atoms in total. The maximum atomic E-state index is 5.67. The first-order chi connectivity index (χ1) is 6.81. The zero-order valence-corrected chi connectivity index (χ0v) is 8.62. The summed E-state index contributed by atoms with van der Waals surface area (Å²) in [6.07, 6.45) is 3.27. The number of oxazole rings is 1. The lowest BCUT2D eigenvalue weighted by atomic mass is 10.3. The van der Waals surface area contributed by atoms with Gasteiger partial charge in [-0.3, -0.25) is 0 Å². The van der Waals surface area contributed by atoms with Gasteiger partial charge in [0, 0.05) is 19.5 Å². The van der Waals surface area contributed by atoms with Crippen molar-refractivity contribution >= 4 is 6.01 Å². The van der Waals surface area contributed by atoms with Crippen LogP contribution in [-0.2, 0) is 6.42 Å². The molecular weight excluding hydrogens is 178 g/mol. The monoisotopic (exact) mass is 195 g/mol. The van der Waals surface area contributed by atoms with Crippen molar-refractivity contribution in [2.45, 2.75) is 26.2 Å². The fourth-order valence-electron chi connectivity index (χ4n) is 1.82. The van der Waals surface area contributed by atoms with E-state index in [1.807, 2.05) is 6.92 Å². The second-order valence-electron chi connectivity index (χ2n) is 3.74. The SMILES string of the molecule is Cc1nc(N2CCCC2)oc1CCN. The lowest BCUT2D eigenvalue weighted by Crippen LogP contribution is -2.17. The second kappa shape index (κ2) is 4.00. The Bertz CT molecular complexity index is 302. The van der Waals surface area contributed by atoms with Crippen LogP contribution < -0.4 is 10.6 Å². The first kappa shape index (κ1) is 9.52. The Kier molecular flexibility index (Phi) is 2.72. The Morgan fingerprint density at radius 2 is 2.14 bits per heavy atom. The van der Waals surface area contributed by atoms with E-state index in [1.165, 1.54) is 12.8 Å². The molecule has 2 rings (SSSR count). The Morgan fingerprint density at radius 1 is 1.43 bits per heavy atom. The molecule has 1 aliphatic heterocycles. The van der Waals surface area contributed by atoms with Crippen LogP contribution in [0.3, 0.4) is 0 Å². The third-order valence-electron chi connectivity index (χ3n) is 2.63. The van der Waals surface area contributed by atoms with Gasteiger partial charge in [0.05, 0.1) is 5.69 Å². The van der Waals surface area contributed by atoms with Crippen LogP contribution >= 0.6 is 0 Å². The Hall–Kier alpha value is -1.03. The molecule has 0 radical (unpaired) electrons. The lowest BCUT2D eigenvalue weighted by molar-refractivity contribution is 0.498. The molecule has 14 heavy (non-hydrogen) atoms. The summed E-state index contributed by atoms with van der Waals surface area (Å²) < 4.78 is 5.67. The van der Waals surface area contributed by atoms with Gasteiger partial charge in [-0.25, -0.2) is 0 Å². The summed E-state index contributed by atoms with van der Waals surface area (Å²) in [6.45, 7) is 4.74. The average Bonchev–Trinajstić information content (AvgIpc) is 2.76. The highest BCUT2D eigenvalue weighted by Gasteiger charge is 2.18. The minimum atomic E-state index is 0.621. The number of aryl methyl sites for hydroxylation is 1. The molecule has 1 aliphatic rings. The van der Waals surface area contributed by atoms with E-state index in [4.69, 9.17) is 10.2 Å². The number of hydrogen-bond donors (Lipinski definition) is 1. The molecule has 78 valence electrons. The molecule has 0 spiro atoms. The van der Waals surface area contributed by atoms with Gasteiger partial charge in [-0.2, -0.15) is 4.98 Å². The first-order valence-electron chi connectivity index (χ1n) is 5.22. The lowest BCUT2D eigenvalue weighted by Gasteiger charge is -2.10. The van der Waals surface area contributed by atoms with E-state index in [0.717, 1.165) is 37.0 Å². The highest BCUT2D eigenvalue weighted by atomic mass is 16.4. The van der Waals surface area contributed by atoms with Gasteiger partial charge in [0.1, 0.15) is 5.76 Å². The van der Waals surface area contributed by atoms with Gasteiger partial charge >= 0.3 is 0 Å². The van der Waals surface area contributed by atoms with Crippen LogP contribution in [0.2, 0.25) is 0 Å². The molecule has 0 aromatic carbocycles. The van der Waals surface area contributed by atoms with Crippen molar-refractivity contribution < 1.29 is 4.42 Å². The number of anilines is 1. The summed E-state index contributed by atoms with van der Waals surface area (Å²) in [5, 5.41) is 0. The Morgan fingerprint density at radius 3 is 2.79 bits per heavy atom. The van der Waals surface area contributed by atoms with Crippen molar-refractivity contribution in [2.24, 2.45) is 5.73 Å². The van der Waals surface area contributed by atoms with Crippen LogP contribution in [0.4, 0.5) is 6.01 Å². The minimum absolute atomic E-state index is 0.621. The standard InChI is InChI=1S/C10H17N3O/c1-8-9(4-5-11)14-10(12-8)13-6-2-3-7-13/h2-7,11H2,1H3. The summed E-state index contributed by atoms with van der Waals surface area (Å²) in [5.41, 5.74) is 6.47. The molecule has 1 aromatic heterocycles. The van der Waals surface area contributed by atoms with Gasteiger partial charge < -0.3 is 15.1 Å². The number of rotatable bonds is 3. The average molecular weight is 195 g/mol. The van der Waals surface area contributed by atoms with Crippen molar-refractivity contribution in [3.63, 3.8) is 0 Å². The predicted octanol–water partition coefficient (Wildman–Crippen LogP) is 1.08. The molecule has 1 fully saturated rings. The van der Waals surface area contributed by atoms with Crippen LogP contribution in [0.15, 0.2) is 4.42 Å². The minimum Gasteiger partial charge on any atom is -0.428 e. The van der Waals surface area contributed by atoms with E-state index < -0.39 is 0 Å². The number of nitrogens with two attached hydrogens (primary N) is 1. The molecule has 1 aromatic rings. The molecule has 4 heteroatoms. The molecule has 0 unspecified atom stereocenters. The third-order valence-corrected chi connectivity index (χ3v) is 2.63. The summed E-state index contributed by atoms with van der Waals surface area (Å²) in [6, 6.07) is 0.781. The van der Waals surface area contributed by atoms with E-state index in [-0.39, 0.29) is 0 Å². The zero-order chi connectivity index (χ0) is 9.97. The molecule has 0 atom stereocenters. The van der Waals surface area contributed by atoms with Crippen molar-refractivity contribution in [3.05, 3.63) is 11.5 Å². The third kappa shape index (κ3) is 1.75. The number of hydrogen-bond acceptors (Lipinski definition) is 4. The van der Waals surface area contributed by atoms with Gasteiger partial charge in [0.2, 0.25) is 0 Å². The smallest absolute Gasteiger partial charge is 0.297 e. The normalized spacial score (nSPS) is 16.6. The Labute approximate surface area is 84.1 Å². The summed E-state index contributed by atoms with van der Waals surface area (Å²) in [4.78, 5) is 6.62. The molecule has 0 saturated carbocycles. The van der Waals surface area contributed by atoms with Gasteiger partial charge in [-0.05, 0) is 26.3 Å². The van der Waals surface area contributed by atoms with Gasteiger partial charge in [0.25, 0.3) is 6.01 Å². The van der Waals surface area contributed by atoms with Crippen molar-refractivity contribution in [2.75, 3.05) is 24.5 Å². The first-order valence-corrected chi connectivity index (χ1v) is 5.22. The molecule has 0 aliphatic carbocycles. The van der Waals surface area contributed by atoms with Crippen LogP contribution in [0, 0.1) is 6.92 Å². The zero-order valence-electron chi connectivity index (χ0n) is 8.62. The van der Waals surface area contributed by atoms with E-state index in [1.54, 1.807) is 0 Å². The van der Waals surface area contributed by atoms with Crippen molar-refractivity contribution in [1.29, 1.82) is 0 Å². The molecule has 2 N–H and O–H groups in total. The van der Waals surface area contributed by atoms with Crippen molar-refractivity contribution in [1.82, 2.24) is 4.98 Å². The second-order valence-corrected chi connectivity index (χ2v) is 3.74. The van der Waals surface area contributed by atoms with Crippen molar-refractivity contribution in [3.8, 4) is 0 Å². The quantitative estimate of drug-likeness (QED) is 0.784. The molecule has 1 saturated heterocycles. The maximum Gasteiger partial charge on any atom is 0.297 e. The fraction of sp³-hybridized carbons (Fsp3) is 0.700. The van der Waals surface area contributed by atoms with Crippen LogP contribution in [0.25, 0.3) is 0 Å². The fourth-order valence-corrected chi connectivity index (χ4v) is 1.82. The van der Waals surface area contributed by atoms with E-state index in [2.05, 4.69) is 9.88 Å². The van der Waals surface area contributed by atoms with E-state index >= 15 is 0 Å². The van der Waals surface area contributed by atoms with Crippen LogP contribution in [0.1, 0.15) is 24.3 Å². The van der Waals surface area contributed by atoms with E-state index in [9.17, 15) is 0 Å². The Balaban J connectivity index is 2.14. The highest BCUT2D eigenvalue weighted by Crippen LogP contribution is 2.22. The predicted molar refractivity (Wildman–Crippen MR) is 55.4 cm³/mol. The van der Waals surface area contributed by atoms with E-state index in [0.29, 0.717) is 6.54 Å².